The number of aryl methyl sites for hydroxylation is 1. The number of benzene rings is 1. The standard InChI is InChI=1S/C15H19N3O2/c1-10-13(15(19)20-4)6-5-7-14(10)16-8-12-9-17-18(3)11(12)2/h5-7,9,16H,8H2,1-4H3. The van der Waals surface area contributed by atoms with Gasteiger partial charge in [-0.25, -0.2) is 4.79 Å². The zero-order valence-corrected chi connectivity index (χ0v) is 12.2. The number of hydrogen-bond donors (Lipinski definition) is 1. The highest BCUT2D eigenvalue weighted by Gasteiger charge is 2.12. The number of ether oxygens (including phenoxy) is 1. The smallest absolute Gasteiger partial charge is 0.338 e. The van der Waals surface area contributed by atoms with E-state index in [0.29, 0.717) is 12.1 Å². The van der Waals surface area contributed by atoms with Crippen molar-refractivity contribution < 1.29 is 9.53 Å². The van der Waals surface area contributed by atoms with E-state index in [0.717, 1.165) is 22.5 Å². The number of nitrogens with zero attached hydrogens (tertiary/aromatic N) is 2. The van der Waals surface area contributed by atoms with Gasteiger partial charge in [0.05, 0.1) is 18.9 Å². The minimum atomic E-state index is -0.316. The Morgan fingerprint density at radius 3 is 2.75 bits per heavy atom. The zero-order chi connectivity index (χ0) is 14.7. The van der Waals surface area contributed by atoms with Gasteiger partial charge in [-0.05, 0) is 31.5 Å². The van der Waals surface area contributed by atoms with Crippen LogP contribution in [0.2, 0.25) is 0 Å². The van der Waals surface area contributed by atoms with E-state index in [-0.39, 0.29) is 5.97 Å². The maximum atomic E-state index is 11.7. The Kier molecular flexibility index (Phi) is 4.08. The summed E-state index contributed by atoms with van der Waals surface area (Å²) >= 11 is 0. The van der Waals surface area contributed by atoms with Crippen LogP contribution in [0.4, 0.5) is 5.69 Å². The summed E-state index contributed by atoms with van der Waals surface area (Å²) in [6.45, 7) is 4.61. The van der Waals surface area contributed by atoms with Crippen molar-refractivity contribution in [1.29, 1.82) is 0 Å². The van der Waals surface area contributed by atoms with Gasteiger partial charge in [0.25, 0.3) is 0 Å². The monoisotopic (exact) mass is 273 g/mol. The molecule has 106 valence electrons. The molecule has 2 aromatic rings. The third-order valence-corrected chi connectivity index (χ3v) is 3.55. The molecule has 0 saturated carbocycles. The fraction of sp³-hybridized carbons (Fsp3) is 0.333. The van der Waals surface area contributed by atoms with Crippen LogP contribution in [0.1, 0.15) is 27.2 Å². The van der Waals surface area contributed by atoms with E-state index >= 15 is 0 Å². The number of carbonyl (C=O) groups excluding carboxylic acids is 1. The Morgan fingerprint density at radius 1 is 1.40 bits per heavy atom. The Labute approximate surface area is 118 Å². The molecule has 1 aromatic carbocycles. The van der Waals surface area contributed by atoms with Gasteiger partial charge >= 0.3 is 5.97 Å². The summed E-state index contributed by atoms with van der Waals surface area (Å²) in [6.07, 6.45) is 1.85. The number of rotatable bonds is 4. The third kappa shape index (κ3) is 2.66. The fourth-order valence-electron chi connectivity index (χ4n) is 2.07. The van der Waals surface area contributed by atoms with Crippen LogP contribution in [0.5, 0.6) is 0 Å². The number of hydrogen-bond acceptors (Lipinski definition) is 4. The SMILES string of the molecule is COC(=O)c1cccc(NCc2cnn(C)c2C)c1C. The summed E-state index contributed by atoms with van der Waals surface area (Å²) in [6, 6.07) is 5.56. The first-order chi connectivity index (χ1) is 9.54. The van der Waals surface area contributed by atoms with Crippen LogP contribution in [-0.2, 0) is 18.3 Å². The molecular formula is C15H19N3O2. The fourth-order valence-corrected chi connectivity index (χ4v) is 2.07. The van der Waals surface area contributed by atoms with Crippen LogP contribution in [-0.4, -0.2) is 22.9 Å². The van der Waals surface area contributed by atoms with Gasteiger partial charge in [0.2, 0.25) is 0 Å². The lowest BCUT2D eigenvalue weighted by Gasteiger charge is -2.12. The Balaban J connectivity index is 2.18. The van der Waals surface area contributed by atoms with Crippen LogP contribution in [0, 0.1) is 13.8 Å². The minimum Gasteiger partial charge on any atom is -0.465 e. The number of methoxy groups -OCH3 is 1. The second-order valence-electron chi connectivity index (χ2n) is 4.70. The lowest BCUT2D eigenvalue weighted by molar-refractivity contribution is 0.0600. The number of anilines is 1. The Hall–Kier alpha value is -2.30. The van der Waals surface area contributed by atoms with Crippen molar-refractivity contribution in [3.8, 4) is 0 Å². The highest BCUT2D eigenvalue weighted by Crippen LogP contribution is 2.20. The van der Waals surface area contributed by atoms with Crippen molar-refractivity contribution >= 4 is 11.7 Å². The van der Waals surface area contributed by atoms with E-state index in [1.165, 1.54) is 7.11 Å². The van der Waals surface area contributed by atoms with Crippen molar-refractivity contribution in [3.05, 3.63) is 46.8 Å². The maximum absolute atomic E-state index is 11.7. The molecule has 0 fully saturated rings. The van der Waals surface area contributed by atoms with E-state index in [4.69, 9.17) is 4.74 Å². The molecule has 0 bridgehead atoms. The van der Waals surface area contributed by atoms with E-state index in [1.807, 2.05) is 43.9 Å². The lowest BCUT2D eigenvalue weighted by atomic mass is 10.1. The van der Waals surface area contributed by atoms with Crippen LogP contribution in [0.25, 0.3) is 0 Å². The van der Waals surface area contributed by atoms with Crippen molar-refractivity contribution in [2.45, 2.75) is 20.4 Å². The summed E-state index contributed by atoms with van der Waals surface area (Å²) in [5.41, 5.74) is 4.66. The molecule has 5 heteroatoms. The summed E-state index contributed by atoms with van der Waals surface area (Å²) in [4.78, 5) is 11.7. The molecule has 2 rings (SSSR count). The average Bonchev–Trinajstić information content (AvgIpc) is 2.77. The average molecular weight is 273 g/mol. The first kappa shape index (κ1) is 14.1. The van der Waals surface area contributed by atoms with Gasteiger partial charge in [0, 0.05) is 30.5 Å². The summed E-state index contributed by atoms with van der Waals surface area (Å²) < 4.78 is 6.62. The number of esters is 1. The largest absolute Gasteiger partial charge is 0.465 e. The predicted molar refractivity (Wildman–Crippen MR) is 77.8 cm³/mol. The van der Waals surface area contributed by atoms with E-state index in [9.17, 15) is 4.79 Å². The summed E-state index contributed by atoms with van der Waals surface area (Å²) in [5, 5.41) is 7.55. The molecule has 0 aliphatic heterocycles. The van der Waals surface area contributed by atoms with Crippen LogP contribution in [0.15, 0.2) is 24.4 Å². The minimum absolute atomic E-state index is 0.316. The van der Waals surface area contributed by atoms with E-state index in [2.05, 4.69) is 10.4 Å². The Bertz CT molecular complexity index is 632. The molecule has 0 spiro atoms. The Morgan fingerprint density at radius 2 is 2.15 bits per heavy atom. The zero-order valence-electron chi connectivity index (χ0n) is 12.2. The summed E-state index contributed by atoms with van der Waals surface area (Å²) in [5.74, 6) is -0.316. The molecule has 5 nitrogen and oxygen atoms in total. The quantitative estimate of drug-likeness (QED) is 0.869. The van der Waals surface area contributed by atoms with E-state index in [1.54, 1.807) is 6.07 Å². The van der Waals surface area contributed by atoms with E-state index < -0.39 is 0 Å². The lowest BCUT2D eigenvalue weighted by Crippen LogP contribution is -2.08. The molecule has 0 amide bonds. The number of carbonyl (C=O) groups is 1. The van der Waals surface area contributed by atoms with Gasteiger partial charge in [0.1, 0.15) is 0 Å². The van der Waals surface area contributed by atoms with Crippen LogP contribution >= 0.6 is 0 Å². The molecule has 1 heterocycles. The van der Waals surface area contributed by atoms with Gasteiger partial charge < -0.3 is 10.1 Å². The van der Waals surface area contributed by atoms with Crippen LogP contribution in [0.3, 0.4) is 0 Å². The molecule has 20 heavy (non-hydrogen) atoms. The molecule has 0 saturated heterocycles. The topological polar surface area (TPSA) is 56.1 Å². The van der Waals surface area contributed by atoms with Gasteiger partial charge in [-0.2, -0.15) is 5.10 Å². The second-order valence-corrected chi connectivity index (χ2v) is 4.70. The van der Waals surface area contributed by atoms with Gasteiger partial charge in [-0.1, -0.05) is 6.07 Å². The predicted octanol–water partition coefficient (Wildman–Crippen LogP) is 2.44. The summed E-state index contributed by atoms with van der Waals surface area (Å²) in [7, 11) is 3.31. The third-order valence-electron chi connectivity index (χ3n) is 3.55. The van der Waals surface area contributed by atoms with Gasteiger partial charge in [-0.3, -0.25) is 4.68 Å². The van der Waals surface area contributed by atoms with Crippen LogP contribution < -0.4 is 5.32 Å². The molecule has 1 N–H and O–H groups in total. The first-order valence-corrected chi connectivity index (χ1v) is 6.44. The molecule has 1 aromatic heterocycles. The highest BCUT2D eigenvalue weighted by atomic mass is 16.5. The maximum Gasteiger partial charge on any atom is 0.338 e. The van der Waals surface area contributed by atoms with Crippen molar-refractivity contribution in [2.75, 3.05) is 12.4 Å². The molecule has 0 radical (unpaired) electrons. The molecular weight excluding hydrogens is 254 g/mol. The van der Waals surface area contributed by atoms with Crippen molar-refractivity contribution in [1.82, 2.24) is 9.78 Å². The first-order valence-electron chi connectivity index (χ1n) is 6.44. The van der Waals surface area contributed by atoms with Gasteiger partial charge in [-0.15, -0.1) is 0 Å². The second kappa shape index (κ2) is 5.77. The molecule has 0 atom stereocenters. The molecule has 0 aliphatic carbocycles. The van der Waals surface area contributed by atoms with Crippen molar-refractivity contribution in [2.24, 2.45) is 7.05 Å². The molecule has 0 unspecified atom stereocenters. The normalized spacial score (nSPS) is 10.4. The number of aromatic nitrogens is 2. The highest BCUT2D eigenvalue weighted by molar-refractivity contribution is 5.92. The van der Waals surface area contributed by atoms with Gasteiger partial charge in [0.15, 0.2) is 0 Å². The number of nitrogens with one attached hydrogen (secondary N) is 1. The van der Waals surface area contributed by atoms with Crippen molar-refractivity contribution in [3.63, 3.8) is 0 Å². The molecule has 0 aliphatic rings.